The summed E-state index contributed by atoms with van der Waals surface area (Å²) in [6.45, 7) is 3.46. The summed E-state index contributed by atoms with van der Waals surface area (Å²) in [6.07, 6.45) is -1.59. The summed E-state index contributed by atoms with van der Waals surface area (Å²) in [5.74, 6) is -0.854. The highest BCUT2D eigenvalue weighted by molar-refractivity contribution is 5.75. The molecule has 0 amide bonds. The number of nitrogens with zero attached hydrogens (tertiary/aromatic N) is 1. The summed E-state index contributed by atoms with van der Waals surface area (Å²) in [5, 5.41) is 19.1. The lowest BCUT2D eigenvalue weighted by Crippen LogP contribution is -2.30. The van der Waals surface area contributed by atoms with Crippen molar-refractivity contribution in [2.75, 3.05) is 6.61 Å². The predicted octanol–water partition coefficient (Wildman–Crippen LogP) is -0.324. The summed E-state index contributed by atoms with van der Waals surface area (Å²) in [7, 11) is 0. The molecule has 0 fully saturated rings. The summed E-state index contributed by atoms with van der Waals surface area (Å²) in [4.78, 5) is 17.7. The highest BCUT2D eigenvalue weighted by Gasteiger charge is 2.29. The van der Waals surface area contributed by atoms with Gasteiger partial charge in [-0.3, -0.25) is 0 Å². The average molecular weight is 214 g/mol. The summed E-state index contributed by atoms with van der Waals surface area (Å²) < 4.78 is 4.58. The zero-order valence-corrected chi connectivity index (χ0v) is 8.60. The number of aryl methyl sites for hydroxylation is 1. The van der Waals surface area contributed by atoms with Crippen LogP contribution in [0.5, 0.6) is 0 Å². The van der Waals surface area contributed by atoms with E-state index in [4.69, 9.17) is 0 Å². The van der Waals surface area contributed by atoms with Crippen LogP contribution in [0.3, 0.4) is 0 Å². The van der Waals surface area contributed by atoms with E-state index in [0.29, 0.717) is 5.69 Å². The zero-order valence-electron chi connectivity index (χ0n) is 8.60. The predicted molar refractivity (Wildman–Crippen MR) is 50.9 cm³/mol. The molecule has 1 aromatic rings. The first-order chi connectivity index (χ1) is 7.07. The van der Waals surface area contributed by atoms with E-state index in [1.807, 2.05) is 0 Å². The van der Waals surface area contributed by atoms with E-state index in [9.17, 15) is 15.0 Å². The van der Waals surface area contributed by atoms with Crippen LogP contribution in [-0.4, -0.2) is 38.9 Å². The highest BCUT2D eigenvalue weighted by atomic mass is 16.5. The first-order valence-corrected chi connectivity index (χ1v) is 4.60. The molecule has 6 nitrogen and oxygen atoms in total. The van der Waals surface area contributed by atoms with Crippen LogP contribution in [0.25, 0.3) is 0 Å². The molecule has 1 rings (SSSR count). The van der Waals surface area contributed by atoms with Gasteiger partial charge in [-0.2, -0.15) is 0 Å². The number of esters is 1. The Kier molecular flexibility index (Phi) is 3.81. The quantitative estimate of drug-likeness (QED) is 0.597. The number of H-pyrrole nitrogens is 1. The van der Waals surface area contributed by atoms with E-state index in [0.717, 1.165) is 0 Å². The summed E-state index contributed by atoms with van der Waals surface area (Å²) >= 11 is 0. The molecule has 1 heterocycles. The second-order valence-corrected chi connectivity index (χ2v) is 3.05. The van der Waals surface area contributed by atoms with E-state index in [2.05, 4.69) is 14.7 Å². The molecule has 2 unspecified atom stereocenters. The Hall–Kier alpha value is -1.40. The second-order valence-electron chi connectivity index (χ2n) is 3.05. The standard InChI is InChI=1S/C9H14N2O4/c1-3-15-9(14)8(13)7(12)6-5(2)10-4-11-6/h4,7-8,12-13H,3H2,1-2H3,(H,10,11). The Labute approximate surface area is 86.9 Å². The fraction of sp³-hybridized carbons (Fsp3) is 0.556. The van der Waals surface area contributed by atoms with Gasteiger partial charge in [-0.05, 0) is 13.8 Å². The molecule has 0 spiro atoms. The molecule has 0 aliphatic rings. The Bertz CT molecular complexity index is 337. The molecule has 0 aliphatic carbocycles. The molecule has 0 bridgehead atoms. The van der Waals surface area contributed by atoms with E-state index in [-0.39, 0.29) is 12.3 Å². The maximum Gasteiger partial charge on any atom is 0.338 e. The van der Waals surface area contributed by atoms with Crippen molar-refractivity contribution in [1.29, 1.82) is 0 Å². The Morgan fingerprint density at radius 3 is 2.80 bits per heavy atom. The fourth-order valence-electron chi connectivity index (χ4n) is 1.17. The van der Waals surface area contributed by atoms with Gasteiger partial charge in [0.05, 0.1) is 18.6 Å². The van der Waals surface area contributed by atoms with Crippen molar-refractivity contribution in [1.82, 2.24) is 9.97 Å². The largest absolute Gasteiger partial charge is 0.464 e. The average Bonchev–Trinajstić information content (AvgIpc) is 2.62. The highest BCUT2D eigenvalue weighted by Crippen LogP contribution is 2.17. The molecule has 15 heavy (non-hydrogen) atoms. The van der Waals surface area contributed by atoms with Crippen molar-refractivity contribution in [2.24, 2.45) is 0 Å². The molecule has 0 saturated carbocycles. The minimum Gasteiger partial charge on any atom is -0.464 e. The van der Waals surface area contributed by atoms with Crippen LogP contribution in [0.1, 0.15) is 24.4 Å². The normalized spacial score (nSPS) is 14.7. The minimum atomic E-state index is -1.60. The van der Waals surface area contributed by atoms with Gasteiger partial charge in [0.2, 0.25) is 0 Å². The van der Waals surface area contributed by atoms with Crippen molar-refractivity contribution >= 4 is 5.97 Å². The molecule has 6 heteroatoms. The van der Waals surface area contributed by atoms with Crippen molar-refractivity contribution in [2.45, 2.75) is 26.1 Å². The topological polar surface area (TPSA) is 95.4 Å². The number of rotatable bonds is 4. The minimum absolute atomic E-state index is 0.155. The number of nitrogens with one attached hydrogen (secondary N) is 1. The maximum absolute atomic E-state index is 11.1. The molecule has 0 aliphatic heterocycles. The number of aliphatic hydroxyl groups is 2. The van der Waals surface area contributed by atoms with Crippen LogP contribution in [0.4, 0.5) is 0 Å². The number of carbonyl (C=O) groups is 1. The summed E-state index contributed by atoms with van der Waals surface area (Å²) in [6, 6.07) is 0. The summed E-state index contributed by atoms with van der Waals surface area (Å²) in [5.41, 5.74) is 0.849. The van der Waals surface area contributed by atoms with Crippen molar-refractivity contribution in [3.05, 3.63) is 17.7 Å². The monoisotopic (exact) mass is 214 g/mol. The third-order valence-electron chi connectivity index (χ3n) is 1.98. The van der Waals surface area contributed by atoms with Crippen molar-refractivity contribution in [3.63, 3.8) is 0 Å². The second kappa shape index (κ2) is 4.90. The number of aromatic nitrogens is 2. The number of aliphatic hydroxyl groups excluding tert-OH is 2. The van der Waals surface area contributed by atoms with Gasteiger partial charge in [0, 0.05) is 5.69 Å². The van der Waals surface area contributed by atoms with Crippen LogP contribution in [0.15, 0.2) is 6.33 Å². The molecule has 3 N–H and O–H groups in total. The van der Waals surface area contributed by atoms with Gasteiger partial charge < -0.3 is 19.9 Å². The number of carbonyl (C=O) groups excluding carboxylic acids is 1. The fourth-order valence-corrected chi connectivity index (χ4v) is 1.17. The first kappa shape index (κ1) is 11.7. The van der Waals surface area contributed by atoms with Gasteiger partial charge in [-0.1, -0.05) is 0 Å². The number of imidazole rings is 1. The van der Waals surface area contributed by atoms with Gasteiger partial charge in [-0.15, -0.1) is 0 Å². The van der Waals surface area contributed by atoms with E-state index < -0.39 is 18.2 Å². The van der Waals surface area contributed by atoms with Gasteiger partial charge in [-0.25, -0.2) is 9.78 Å². The van der Waals surface area contributed by atoms with E-state index >= 15 is 0 Å². The Morgan fingerprint density at radius 1 is 1.67 bits per heavy atom. The molecule has 0 saturated heterocycles. The van der Waals surface area contributed by atoms with Crippen molar-refractivity contribution < 1.29 is 19.7 Å². The molecule has 1 aromatic heterocycles. The number of hydrogen-bond acceptors (Lipinski definition) is 5. The molecule has 84 valence electrons. The van der Waals surface area contributed by atoms with Crippen LogP contribution >= 0.6 is 0 Å². The van der Waals surface area contributed by atoms with Gasteiger partial charge in [0.1, 0.15) is 6.10 Å². The van der Waals surface area contributed by atoms with Crippen molar-refractivity contribution in [3.8, 4) is 0 Å². The lowest BCUT2D eigenvalue weighted by molar-refractivity contribution is -0.159. The third kappa shape index (κ3) is 2.54. The SMILES string of the molecule is CCOC(=O)C(O)C(O)c1nc[nH]c1C. The van der Waals surface area contributed by atoms with Crippen LogP contribution in [0.2, 0.25) is 0 Å². The molecule has 2 atom stereocenters. The number of ether oxygens (including phenoxy) is 1. The molecule has 0 aromatic carbocycles. The molecule has 0 radical (unpaired) electrons. The van der Waals surface area contributed by atoms with Gasteiger partial charge >= 0.3 is 5.97 Å². The van der Waals surface area contributed by atoms with Crippen LogP contribution in [-0.2, 0) is 9.53 Å². The molecular weight excluding hydrogens is 200 g/mol. The smallest absolute Gasteiger partial charge is 0.338 e. The van der Waals surface area contributed by atoms with Crippen LogP contribution < -0.4 is 0 Å². The number of aromatic amines is 1. The van der Waals surface area contributed by atoms with E-state index in [1.54, 1.807) is 13.8 Å². The first-order valence-electron chi connectivity index (χ1n) is 4.60. The zero-order chi connectivity index (χ0) is 11.4. The van der Waals surface area contributed by atoms with Crippen LogP contribution in [0, 0.1) is 6.92 Å². The molecular formula is C9H14N2O4. The lowest BCUT2D eigenvalue weighted by atomic mass is 10.1. The number of hydrogen-bond donors (Lipinski definition) is 3. The lowest BCUT2D eigenvalue weighted by Gasteiger charge is -2.15. The van der Waals surface area contributed by atoms with Gasteiger partial charge in [0.15, 0.2) is 6.10 Å². The Morgan fingerprint density at radius 2 is 2.33 bits per heavy atom. The third-order valence-corrected chi connectivity index (χ3v) is 1.98. The Balaban J connectivity index is 2.72. The maximum atomic E-state index is 11.1. The van der Waals surface area contributed by atoms with E-state index in [1.165, 1.54) is 6.33 Å². The van der Waals surface area contributed by atoms with Gasteiger partial charge in [0.25, 0.3) is 0 Å².